The van der Waals surface area contributed by atoms with E-state index in [0.29, 0.717) is 0 Å². The molecular weight excluding hydrogens is 188 g/mol. The van der Waals surface area contributed by atoms with Crippen molar-refractivity contribution in [1.29, 1.82) is 0 Å². The molecule has 0 unspecified atom stereocenters. The number of carboxylic acid groups (broad SMARTS) is 1. The summed E-state index contributed by atoms with van der Waals surface area (Å²) in [5.74, 6) is -0.904. The molecule has 0 aliphatic carbocycles. The fourth-order valence-corrected chi connectivity index (χ4v) is 1.50. The maximum atomic E-state index is 10.4. The van der Waals surface area contributed by atoms with E-state index in [4.69, 9.17) is 5.11 Å². The third kappa shape index (κ3) is 3.24. The van der Waals surface area contributed by atoms with Gasteiger partial charge in [0.15, 0.2) is 0 Å². The molecule has 0 aromatic heterocycles. The Morgan fingerprint density at radius 3 is 2.60 bits per heavy atom. The van der Waals surface area contributed by atoms with Crippen LogP contribution in [0.25, 0.3) is 6.08 Å². The van der Waals surface area contributed by atoms with Gasteiger partial charge in [-0.15, -0.1) is 0 Å². The smallest absolute Gasteiger partial charge is 0.328 e. The van der Waals surface area contributed by atoms with Crippen molar-refractivity contribution in [2.75, 3.05) is 0 Å². The van der Waals surface area contributed by atoms with E-state index in [1.165, 1.54) is 17.2 Å². The van der Waals surface area contributed by atoms with Crippen LogP contribution in [0, 0.1) is 0 Å². The number of carbonyl (C=O) groups is 1. The van der Waals surface area contributed by atoms with Gasteiger partial charge in [-0.25, -0.2) is 4.79 Å². The second-order valence-corrected chi connectivity index (χ2v) is 3.41. The molecular formula is C13H16O2. The van der Waals surface area contributed by atoms with Gasteiger partial charge in [0, 0.05) is 6.08 Å². The highest BCUT2D eigenvalue weighted by molar-refractivity contribution is 5.85. The summed E-state index contributed by atoms with van der Waals surface area (Å²) < 4.78 is 0. The molecule has 0 amide bonds. The molecule has 0 aliphatic heterocycles. The summed E-state index contributed by atoms with van der Waals surface area (Å²) in [6.45, 7) is 4.16. The third-order valence-corrected chi connectivity index (χ3v) is 2.40. The molecule has 0 fully saturated rings. The van der Waals surface area contributed by atoms with Crippen LogP contribution < -0.4 is 0 Å². The largest absolute Gasteiger partial charge is 0.478 e. The van der Waals surface area contributed by atoms with Crippen LogP contribution in [0.2, 0.25) is 0 Å². The van der Waals surface area contributed by atoms with Crippen LogP contribution in [-0.2, 0) is 17.6 Å². The lowest BCUT2D eigenvalue weighted by atomic mass is 10.0. The van der Waals surface area contributed by atoms with Crippen molar-refractivity contribution in [1.82, 2.24) is 0 Å². The standard InChI is InChI=1S/C13H16O2/c1-3-10-5-6-11(4-2)12(9-10)7-8-13(14)15/h5-9H,3-4H2,1-2H3,(H,14,15)/b8-7+. The molecule has 0 saturated heterocycles. The topological polar surface area (TPSA) is 37.3 Å². The molecule has 15 heavy (non-hydrogen) atoms. The lowest BCUT2D eigenvalue weighted by Crippen LogP contribution is -1.91. The molecule has 0 atom stereocenters. The minimum absolute atomic E-state index is 0.904. The van der Waals surface area contributed by atoms with Crippen molar-refractivity contribution in [2.45, 2.75) is 26.7 Å². The maximum absolute atomic E-state index is 10.4. The fraction of sp³-hybridized carbons (Fsp3) is 0.308. The zero-order valence-electron chi connectivity index (χ0n) is 9.16. The van der Waals surface area contributed by atoms with E-state index in [2.05, 4.69) is 32.0 Å². The fourth-order valence-electron chi connectivity index (χ4n) is 1.50. The first-order chi connectivity index (χ1) is 7.17. The maximum Gasteiger partial charge on any atom is 0.328 e. The molecule has 0 spiro atoms. The van der Waals surface area contributed by atoms with Gasteiger partial charge in [-0.3, -0.25) is 0 Å². The summed E-state index contributed by atoms with van der Waals surface area (Å²) in [5.41, 5.74) is 3.43. The molecule has 0 bridgehead atoms. The molecule has 1 aromatic carbocycles. The van der Waals surface area contributed by atoms with Gasteiger partial charge in [0.1, 0.15) is 0 Å². The van der Waals surface area contributed by atoms with Crippen molar-refractivity contribution in [3.05, 3.63) is 41.0 Å². The van der Waals surface area contributed by atoms with Crippen LogP contribution in [0.15, 0.2) is 24.3 Å². The average molecular weight is 204 g/mol. The summed E-state index contributed by atoms with van der Waals surface area (Å²) in [7, 11) is 0. The zero-order chi connectivity index (χ0) is 11.3. The van der Waals surface area contributed by atoms with Crippen LogP contribution in [0.4, 0.5) is 0 Å². The van der Waals surface area contributed by atoms with Crippen LogP contribution in [0.3, 0.4) is 0 Å². The first-order valence-corrected chi connectivity index (χ1v) is 5.20. The third-order valence-electron chi connectivity index (χ3n) is 2.40. The van der Waals surface area contributed by atoms with Gasteiger partial charge in [0.05, 0.1) is 0 Å². The van der Waals surface area contributed by atoms with Crippen molar-refractivity contribution >= 4 is 12.0 Å². The highest BCUT2D eigenvalue weighted by Gasteiger charge is 1.99. The summed E-state index contributed by atoms with van der Waals surface area (Å²) >= 11 is 0. The van der Waals surface area contributed by atoms with E-state index in [0.717, 1.165) is 18.4 Å². The second kappa shape index (κ2) is 5.35. The zero-order valence-corrected chi connectivity index (χ0v) is 9.16. The molecule has 2 heteroatoms. The second-order valence-electron chi connectivity index (χ2n) is 3.41. The van der Waals surface area contributed by atoms with E-state index >= 15 is 0 Å². The number of rotatable bonds is 4. The first-order valence-electron chi connectivity index (χ1n) is 5.20. The number of benzene rings is 1. The molecule has 80 valence electrons. The Morgan fingerprint density at radius 2 is 2.07 bits per heavy atom. The molecule has 1 rings (SSSR count). The minimum Gasteiger partial charge on any atom is -0.478 e. The predicted octanol–water partition coefficient (Wildman–Crippen LogP) is 2.91. The van der Waals surface area contributed by atoms with Crippen LogP contribution in [0.5, 0.6) is 0 Å². The Kier molecular flexibility index (Phi) is 4.10. The molecule has 0 radical (unpaired) electrons. The summed E-state index contributed by atoms with van der Waals surface area (Å²) in [5, 5.41) is 8.58. The number of aliphatic carboxylic acids is 1. The number of hydrogen-bond acceptors (Lipinski definition) is 1. The van der Waals surface area contributed by atoms with Gasteiger partial charge in [-0.1, -0.05) is 32.0 Å². The monoisotopic (exact) mass is 204 g/mol. The number of aryl methyl sites for hydroxylation is 2. The van der Waals surface area contributed by atoms with Gasteiger partial charge in [0.25, 0.3) is 0 Å². The van der Waals surface area contributed by atoms with E-state index in [-0.39, 0.29) is 0 Å². The number of carboxylic acids is 1. The molecule has 0 aliphatic rings. The SMILES string of the molecule is CCc1ccc(CC)c(/C=C/C(=O)O)c1. The molecule has 1 aromatic rings. The summed E-state index contributed by atoms with van der Waals surface area (Å²) in [6, 6.07) is 6.22. The molecule has 2 nitrogen and oxygen atoms in total. The average Bonchev–Trinajstić information content (AvgIpc) is 2.25. The van der Waals surface area contributed by atoms with Gasteiger partial charge in [-0.2, -0.15) is 0 Å². The molecule has 0 heterocycles. The van der Waals surface area contributed by atoms with Gasteiger partial charge >= 0.3 is 5.97 Å². The Bertz CT molecular complexity index is 378. The van der Waals surface area contributed by atoms with Crippen LogP contribution in [-0.4, -0.2) is 11.1 Å². The normalized spacial score (nSPS) is 10.8. The van der Waals surface area contributed by atoms with E-state index in [1.54, 1.807) is 6.08 Å². The summed E-state index contributed by atoms with van der Waals surface area (Å²) in [6.07, 6.45) is 4.75. The van der Waals surface area contributed by atoms with Gasteiger partial charge in [0.2, 0.25) is 0 Å². The molecule has 1 N–H and O–H groups in total. The van der Waals surface area contributed by atoms with E-state index < -0.39 is 5.97 Å². The van der Waals surface area contributed by atoms with Gasteiger partial charge < -0.3 is 5.11 Å². The lowest BCUT2D eigenvalue weighted by Gasteiger charge is -2.05. The lowest BCUT2D eigenvalue weighted by molar-refractivity contribution is -0.131. The Hall–Kier alpha value is -1.57. The molecule has 0 saturated carbocycles. The Balaban J connectivity index is 3.06. The van der Waals surface area contributed by atoms with Crippen molar-refractivity contribution in [2.24, 2.45) is 0 Å². The predicted molar refractivity (Wildman–Crippen MR) is 61.9 cm³/mol. The van der Waals surface area contributed by atoms with Crippen LogP contribution in [0.1, 0.15) is 30.5 Å². The van der Waals surface area contributed by atoms with E-state index in [1.807, 2.05) is 0 Å². The van der Waals surface area contributed by atoms with E-state index in [9.17, 15) is 4.79 Å². The van der Waals surface area contributed by atoms with Gasteiger partial charge in [-0.05, 0) is 35.6 Å². The Labute approximate surface area is 90.3 Å². The first kappa shape index (κ1) is 11.5. The minimum atomic E-state index is -0.904. The van der Waals surface area contributed by atoms with Crippen molar-refractivity contribution in [3.63, 3.8) is 0 Å². The quantitative estimate of drug-likeness (QED) is 0.766. The highest BCUT2D eigenvalue weighted by atomic mass is 16.4. The Morgan fingerprint density at radius 1 is 1.33 bits per heavy atom. The van der Waals surface area contributed by atoms with Crippen molar-refractivity contribution in [3.8, 4) is 0 Å². The van der Waals surface area contributed by atoms with Crippen LogP contribution >= 0.6 is 0 Å². The summed E-state index contributed by atoms with van der Waals surface area (Å²) in [4.78, 5) is 10.4. The highest BCUT2D eigenvalue weighted by Crippen LogP contribution is 2.15. The van der Waals surface area contributed by atoms with Crippen molar-refractivity contribution < 1.29 is 9.90 Å². The number of hydrogen-bond donors (Lipinski definition) is 1.